The Morgan fingerprint density at radius 1 is 1.31 bits per heavy atom. The van der Waals surface area contributed by atoms with Gasteiger partial charge in [-0.2, -0.15) is 5.10 Å². The second-order valence-electron chi connectivity index (χ2n) is 3.77. The lowest BCUT2D eigenvalue weighted by atomic mass is 10.2. The first kappa shape index (κ1) is 11.2. The van der Waals surface area contributed by atoms with Gasteiger partial charge in [-0.1, -0.05) is 17.7 Å². The van der Waals surface area contributed by atoms with Crippen LogP contribution < -0.4 is 0 Å². The van der Waals surface area contributed by atoms with Gasteiger partial charge in [0.15, 0.2) is 0 Å². The number of aryl methyl sites for hydroxylation is 2. The van der Waals surface area contributed by atoms with Crippen molar-refractivity contribution in [3.05, 3.63) is 46.2 Å². The standard InChI is InChI=1S/C12H13ClN2O/c1-8-5-9(2)15(14-8)12-6-11(13)4-3-10(12)7-16/h3-6,16H,7H2,1-2H3. The molecule has 1 aromatic heterocycles. The summed E-state index contributed by atoms with van der Waals surface area (Å²) >= 11 is 5.96. The van der Waals surface area contributed by atoms with Crippen molar-refractivity contribution in [1.29, 1.82) is 0 Å². The Bertz CT molecular complexity index is 520. The Labute approximate surface area is 99.3 Å². The number of aromatic nitrogens is 2. The van der Waals surface area contributed by atoms with Gasteiger partial charge in [0.25, 0.3) is 0 Å². The van der Waals surface area contributed by atoms with Crippen LogP contribution in [0.25, 0.3) is 5.69 Å². The third-order valence-corrected chi connectivity index (χ3v) is 2.69. The van der Waals surface area contributed by atoms with E-state index < -0.39 is 0 Å². The summed E-state index contributed by atoms with van der Waals surface area (Å²) in [5.41, 5.74) is 3.62. The van der Waals surface area contributed by atoms with Gasteiger partial charge >= 0.3 is 0 Å². The summed E-state index contributed by atoms with van der Waals surface area (Å²) in [6, 6.07) is 7.38. The lowest BCUT2D eigenvalue weighted by Gasteiger charge is -2.09. The molecule has 0 bridgehead atoms. The SMILES string of the molecule is Cc1cc(C)n(-c2cc(Cl)ccc2CO)n1. The monoisotopic (exact) mass is 236 g/mol. The van der Waals surface area contributed by atoms with E-state index in [-0.39, 0.29) is 6.61 Å². The zero-order chi connectivity index (χ0) is 11.7. The van der Waals surface area contributed by atoms with Crippen LogP contribution in [0.15, 0.2) is 24.3 Å². The largest absolute Gasteiger partial charge is 0.392 e. The van der Waals surface area contributed by atoms with E-state index in [4.69, 9.17) is 11.6 Å². The molecule has 2 rings (SSSR count). The Morgan fingerprint density at radius 3 is 2.62 bits per heavy atom. The van der Waals surface area contributed by atoms with Crippen LogP contribution in [0.2, 0.25) is 5.02 Å². The van der Waals surface area contributed by atoms with Crippen molar-refractivity contribution in [3.63, 3.8) is 0 Å². The fraction of sp³-hybridized carbons (Fsp3) is 0.250. The van der Waals surface area contributed by atoms with Gasteiger partial charge in [-0.05, 0) is 32.0 Å². The first-order chi connectivity index (χ1) is 7.61. The highest BCUT2D eigenvalue weighted by atomic mass is 35.5. The molecule has 0 aliphatic carbocycles. The minimum absolute atomic E-state index is 0.0230. The maximum atomic E-state index is 9.28. The second kappa shape index (κ2) is 4.28. The van der Waals surface area contributed by atoms with Crippen LogP contribution >= 0.6 is 11.6 Å². The molecule has 1 heterocycles. The van der Waals surface area contributed by atoms with Crippen LogP contribution in [0.3, 0.4) is 0 Å². The molecule has 16 heavy (non-hydrogen) atoms. The first-order valence-electron chi connectivity index (χ1n) is 5.04. The van der Waals surface area contributed by atoms with Crippen molar-refractivity contribution >= 4 is 11.6 Å². The maximum absolute atomic E-state index is 9.28. The summed E-state index contributed by atoms with van der Waals surface area (Å²) in [6.45, 7) is 3.89. The number of benzene rings is 1. The molecule has 0 amide bonds. The number of hydrogen-bond donors (Lipinski definition) is 1. The van der Waals surface area contributed by atoms with E-state index in [1.807, 2.05) is 32.0 Å². The van der Waals surface area contributed by atoms with E-state index in [0.29, 0.717) is 5.02 Å². The summed E-state index contributed by atoms with van der Waals surface area (Å²) in [5.74, 6) is 0. The zero-order valence-corrected chi connectivity index (χ0v) is 9.99. The summed E-state index contributed by atoms with van der Waals surface area (Å²) < 4.78 is 1.80. The highest BCUT2D eigenvalue weighted by Gasteiger charge is 2.08. The van der Waals surface area contributed by atoms with Crippen molar-refractivity contribution in [3.8, 4) is 5.69 Å². The molecule has 4 heteroatoms. The summed E-state index contributed by atoms with van der Waals surface area (Å²) in [7, 11) is 0. The topological polar surface area (TPSA) is 38.0 Å². The van der Waals surface area contributed by atoms with Crippen LogP contribution in [0.5, 0.6) is 0 Å². The average Bonchev–Trinajstić information content (AvgIpc) is 2.57. The van der Waals surface area contributed by atoms with Crippen LogP contribution in [-0.4, -0.2) is 14.9 Å². The molecule has 0 aliphatic heterocycles. The predicted octanol–water partition coefficient (Wildman–Crippen LogP) is 2.63. The van der Waals surface area contributed by atoms with E-state index in [1.165, 1.54) is 0 Å². The summed E-state index contributed by atoms with van der Waals surface area (Å²) in [6.07, 6.45) is 0. The molecule has 0 unspecified atom stereocenters. The van der Waals surface area contributed by atoms with Gasteiger partial charge in [0.05, 0.1) is 18.0 Å². The number of rotatable bonds is 2. The van der Waals surface area contributed by atoms with Crippen molar-refractivity contribution in [2.75, 3.05) is 0 Å². The van der Waals surface area contributed by atoms with Gasteiger partial charge in [0, 0.05) is 16.3 Å². The number of nitrogens with zero attached hydrogens (tertiary/aromatic N) is 2. The molecule has 2 aromatic rings. The molecule has 0 saturated carbocycles. The van der Waals surface area contributed by atoms with Crippen LogP contribution in [0.4, 0.5) is 0 Å². The van der Waals surface area contributed by atoms with E-state index >= 15 is 0 Å². The fourth-order valence-electron chi connectivity index (χ4n) is 1.74. The molecule has 1 N–H and O–H groups in total. The molecule has 84 valence electrons. The lowest BCUT2D eigenvalue weighted by molar-refractivity contribution is 0.281. The molecule has 1 aromatic carbocycles. The molecule has 0 radical (unpaired) electrons. The average molecular weight is 237 g/mol. The van der Waals surface area contributed by atoms with Crippen molar-refractivity contribution in [2.24, 2.45) is 0 Å². The molecule has 0 aliphatic rings. The van der Waals surface area contributed by atoms with E-state index in [1.54, 1.807) is 10.7 Å². The minimum Gasteiger partial charge on any atom is -0.392 e. The van der Waals surface area contributed by atoms with Gasteiger partial charge in [-0.25, -0.2) is 4.68 Å². The number of aliphatic hydroxyl groups excluding tert-OH is 1. The van der Waals surface area contributed by atoms with Crippen LogP contribution in [0, 0.1) is 13.8 Å². The Balaban J connectivity index is 2.62. The molecular weight excluding hydrogens is 224 g/mol. The van der Waals surface area contributed by atoms with Crippen molar-refractivity contribution < 1.29 is 5.11 Å². The van der Waals surface area contributed by atoms with E-state index in [0.717, 1.165) is 22.6 Å². The number of hydrogen-bond acceptors (Lipinski definition) is 2. The highest BCUT2D eigenvalue weighted by molar-refractivity contribution is 6.30. The molecule has 0 saturated heterocycles. The van der Waals surface area contributed by atoms with Gasteiger partial charge in [0.1, 0.15) is 0 Å². The van der Waals surface area contributed by atoms with Gasteiger partial charge in [-0.3, -0.25) is 0 Å². The van der Waals surface area contributed by atoms with E-state index in [9.17, 15) is 5.11 Å². The maximum Gasteiger partial charge on any atom is 0.0718 e. The van der Waals surface area contributed by atoms with Crippen LogP contribution in [0.1, 0.15) is 17.0 Å². The second-order valence-corrected chi connectivity index (χ2v) is 4.21. The van der Waals surface area contributed by atoms with Gasteiger partial charge < -0.3 is 5.11 Å². The molecule has 0 atom stereocenters. The number of aliphatic hydroxyl groups is 1. The third kappa shape index (κ3) is 1.96. The quantitative estimate of drug-likeness (QED) is 0.871. The van der Waals surface area contributed by atoms with E-state index in [2.05, 4.69) is 5.10 Å². The van der Waals surface area contributed by atoms with Gasteiger partial charge in [-0.15, -0.1) is 0 Å². The third-order valence-electron chi connectivity index (χ3n) is 2.46. The smallest absolute Gasteiger partial charge is 0.0718 e. The fourth-order valence-corrected chi connectivity index (χ4v) is 1.91. The van der Waals surface area contributed by atoms with Crippen molar-refractivity contribution in [2.45, 2.75) is 20.5 Å². The Hall–Kier alpha value is -1.32. The van der Waals surface area contributed by atoms with Crippen LogP contribution in [-0.2, 0) is 6.61 Å². The predicted molar refractivity (Wildman–Crippen MR) is 64.0 cm³/mol. The number of halogens is 1. The Kier molecular flexibility index (Phi) is 2.99. The molecular formula is C12H13ClN2O. The van der Waals surface area contributed by atoms with Crippen molar-refractivity contribution in [1.82, 2.24) is 9.78 Å². The van der Waals surface area contributed by atoms with Gasteiger partial charge in [0.2, 0.25) is 0 Å². The minimum atomic E-state index is -0.0230. The first-order valence-corrected chi connectivity index (χ1v) is 5.42. The normalized spacial score (nSPS) is 10.8. The molecule has 3 nitrogen and oxygen atoms in total. The summed E-state index contributed by atoms with van der Waals surface area (Å²) in [4.78, 5) is 0. The Morgan fingerprint density at radius 2 is 2.06 bits per heavy atom. The molecule has 0 fully saturated rings. The highest BCUT2D eigenvalue weighted by Crippen LogP contribution is 2.21. The zero-order valence-electron chi connectivity index (χ0n) is 9.24. The molecule has 0 spiro atoms. The summed E-state index contributed by atoms with van der Waals surface area (Å²) in [5, 5.41) is 14.3. The lowest BCUT2D eigenvalue weighted by Crippen LogP contribution is -2.03.